The fourth-order valence-electron chi connectivity index (χ4n) is 2.25. The minimum atomic E-state index is -0.216. The van der Waals surface area contributed by atoms with Gasteiger partial charge in [-0.15, -0.1) is 0 Å². The lowest BCUT2D eigenvalue weighted by molar-refractivity contribution is 0.148. The number of nitrogens with zero attached hydrogens (tertiary/aromatic N) is 3. The number of hydrogen-bond donors (Lipinski definition) is 3. The highest BCUT2D eigenvalue weighted by molar-refractivity contribution is 5.73. The molecule has 2 rings (SSSR count). The molecule has 2 aromatic rings. The standard InChI is InChI=1S/C17H25N5O2/c1-17(2,13-23)7-4-9-19-16(24)20-12-14-6-3-8-18-15(14)22-11-5-10-21-22/h3,5-6,8,10-11,23H,4,7,9,12-13H2,1-2H3,(H2,19,20,24). The van der Waals surface area contributed by atoms with E-state index in [1.807, 2.05) is 38.2 Å². The molecule has 7 heteroatoms. The van der Waals surface area contributed by atoms with Crippen molar-refractivity contribution >= 4 is 6.03 Å². The van der Waals surface area contributed by atoms with Gasteiger partial charge in [-0.2, -0.15) is 5.10 Å². The summed E-state index contributed by atoms with van der Waals surface area (Å²) in [5, 5.41) is 19.0. The van der Waals surface area contributed by atoms with E-state index in [0.717, 1.165) is 18.4 Å². The molecular weight excluding hydrogens is 306 g/mol. The van der Waals surface area contributed by atoms with Crippen LogP contribution in [0.4, 0.5) is 4.79 Å². The molecule has 7 nitrogen and oxygen atoms in total. The Morgan fingerprint density at radius 3 is 2.83 bits per heavy atom. The number of carbonyl (C=O) groups excluding carboxylic acids is 1. The molecule has 0 aromatic carbocycles. The average Bonchev–Trinajstić information content (AvgIpc) is 3.11. The van der Waals surface area contributed by atoms with Gasteiger partial charge in [0, 0.05) is 43.9 Å². The number of aliphatic hydroxyl groups is 1. The van der Waals surface area contributed by atoms with Crippen molar-refractivity contribution in [2.75, 3.05) is 13.2 Å². The number of rotatable bonds is 8. The van der Waals surface area contributed by atoms with Gasteiger partial charge in [0.2, 0.25) is 0 Å². The summed E-state index contributed by atoms with van der Waals surface area (Å²) in [7, 11) is 0. The zero-order chi connectivity index (χ0) is 17.4. The fourth-order valence-corrected chi connectivity index (χ4v) is 2.25. The number of aliphatic hydroxyl groups excluding tert-OH is 1. The van der Waals surface area contributed by atoms with E-state index in [1.165, 1.54) is 0 Å². The molecule has 3 N–H and O–H groups in total. The van der Waals surface area contributed by atoms with Crippen molar-refractivity contribution in [3.05, 3.63) is 42.4 Å². The van der Waals surface area contributed by atoms with Crippen LogP contribution in [0.15, 0.2) is 36.8 Å². The molecule has 0 aliphatic heterocycles. The molecule has 130 valence electrons. The molecule has 2 heterocycles. The first kappa shape index (κ1) is 17.9. The average molecular weight is 331 g/mol. The summed E-state index contributed by atoms with van der Waals surface area (Å²) in [6.45, 7) is 5.11. The minimum Gasteiger partial charge on any atom is -0.396 e. The summed E-state index contributed by atoms with van der Waals surface area (Å²) >= 11 is 0. The lowest BCUT2D eigenvalue weighted by atomic mass is 9.89. The Labute approximate surface area is 142 Å². The quantitative estimate of drug-likeness (QED) is 0.644. The Morgan fingerprint density at radius 2 is 2.12 bits per heavy atom. The molecule has 0 bridgehead atoms. The van der Waals surface area contributed by atoms with Gasteiger partial charge in [0.25, 0.3) is 0 Å². The highest BCUT2D eigenvalue weighted by Gasteiger charge is 2.15. The number of hydrogen-bond acceptors (Lipinski definition) is 4. The van der Waals surface area contributed by atoms with E-state index in [4.69, 9.17) is 0 Å². The van der Waals surface area contributed by atoms with Crippen molar-refractivity contribution in [3.8, 4) is 5.82 Å². The molecule has 2 aromatic heterocycles. The second-order valence-corrected chi connectivity index (χ2v) is 6.47. The van der Waals surface area contributed by atoms with Crippen LogP contribution in [0.5, 0.6) is 0 Å². The van der Waals surface area contributed by atoms with Gasteiger partial charge in [-0.3, -0.25) is 0 Å². The Balaban J connectivity index is 1.79. The Morgan fingerprint density at radius 1 is 1.29 bits per heavy atom. The van der Waals surface area contributed by atoms with E-state index in [9.17, 15) is 9.90 Å². The molecular formula is C17H25N5O2. The number of aromatic nitrogens is 3. The van der Waals surface area contributed by atoms with Crippen LogP contribution in [0.2, 0.25) is 0 Å². The van der Waals surface area contributed by atoms with Crippen molar-refractivity contribution in [3.63, 3.8) is 0 Å². The van der Waals surface area contributed by atoms with Crippen LogP contribution in [0.1, 0.15) is 32.3 Å². The minimum absolute atomic E-state index is 0.105. The van der Waals surface area contributed by atoms with Crippen molar-refractivity contribution < 1.29 is 9.90 Å². The Hall–Kier alpha value is -2.41. The molecule has 0 spiro atoms. The van der Waals surface area contributed by atoms with E-state index in [0.29, 0.717) is 18.9 Å². The number of urea groups is 1. The topological polar surface area (TPSA) is 92.1 Å². The van der Waals surface area contributed by atoms with Crippen LogP contribution in [-0.2, 0) is 6.54 Å². The van der Waals surface area contributed by atoms with Crippen molar-refractivity contribution in [1.29, 1.82) is 0 Å². The Bertz CT molecular complexity index is 640. The van der Waals surface area contributed by atoms with E-state index in [1.54, 1.807) is 17.1 Å². The maximum atomic E-state index is 11.9. The monoisotopic (exact) mass is 331 g/mol. The molecule has 24 heavy (non-hydrogen) atoms. The normalized spacial score (nSPS) is 11.3. The molecule has 0 fully saturated rings. The van der Waals surface area contributed by atoms with Gasteiger partial charge in [0.15, 0.2) is 5.82 Å². The summed E-state index contributed by atoms with van der Waals surface area (Å²) in [6, 6.07) is 5.35. The van der Waals surface area contributed by atoms with Crippen LogP contribution in [0.25, 0.3) is 5.82 Å². The largest absolute Gasteiger partial charge is 0.396 e. The smallest absolute Gasteiger partial charge is 0.315 e. The SMILES string of the molecule is CC(C)(CO)CCCNC(=O)NCc1cccnc1-n1cccn1. The first-order valence-corrected chi connectivity index (χ1v) is 8.08. The second kappa shape index (κ2) is 8.44. The molecule has 2 amide bonds. The molecule has 0 saturated heterocycles. The van der Waals surface area contributed by atoms with Crippen LogP contribution >= 0.6 is 0 Å². The third-order valence-corrected chi connectivity index (χ3v) is 3.77. The summed E-state index contributed by atoms with van der Waals surface area (Å²) < 4.78 is 1.67. The maximum absolute atomic E-state index is 11.9. The van der Waals surface area contributed by atoms with Crippen LogP contribution in [0, 0.1) is 5.41 Å². The first-order valence-electron chi connectivity index (χ1n) is 8.08. The van der Waals surface area contributed by atoms with Gasteiger partial charge in [-0.05, 0) is 30.4 Å². The maximum Gasteiger partial charge on any atom is 0.315 e. The van der Waals surface area contributed by atoms with Gasteiger partial charge in [-0.1, -0.05) is 19.9 Å². The van der Waals surface area contributed by atoms with Crippen LogP contribution in [-0.4, -0.2) is 39.1 Å². The van der Waals surface area contributed by atoms with Gasteiger partial charge in [0.1, 0.15) is 0 Å². The second-order valence-electron chi connectivity index (χ2n) is 6.47. The number of nitrogens with one attached hydrogen (secondary N) is 2. The number of carbonyl (C=O) groups is 1. The van der Waals surface area contributed by atoms with Crippen molar-refractivity contribution in [1.82, 2.24) is 25.4 Å². The predicted octanol–water partition coefficient (Wildman–Crippen LogP) is 1.87. The summed E-state index contributed by atoms with van der Waals surface area (Å²) in [5.41, 5.74) is 0.782. The molecule has 0 aliphatic carbocycles. The van der Waals surface area contributed by atoms with Crippen molar-refractivity contribution in [2.24, 2.45) is 5.41 Å². The Kier molecular flexibility index (Phi) is 6.31. The van der Waals surface area contributed by atoms with E-state index in [-0.39, 0.29) is 18.1 Å². The molecule has 0 radical (unpaired) electrons. The first-order chi connectivity index (χ1) is 11.5. The predicted molar refractivity (Wildman–Crippen MR) is 91.7 cm³/mol. The highest BCUT2D eigenvalue weighted by Crippen LogP contribution is 2.20. The number of amides is 2. The van der Waals surface area contributed by atoms with Gasteiger partial charge in [-0.25, -0.2) is 14.5 Å². The van der Waals surface area contributed by atoms with Gasteiger partial charge < -0.3 is 15.7 Å². The molecule has 0 atom stereocenters. The van der Waals surface area contributed by atoms with Crippen molar-refractivity contribution in [2.45, 2.75) is 33.2 Å². The van der Waals surface area contributed by atoms with Gasteiger partial charge in [0.05, 0.1) is 0 Å². The molecule has 0 saturated carbocycles. The van der Waals surface area contributed by atoms with Crippen LogP contribution in [0.3, 0.4) is 0 Å². The molecule has 0 unspecified atom stereocenters. The molecule has 0 aliphatic rings. The summed E-state index contributed by atoms with van der Waals surface area (Å²) in [6.07, 6.45) is 6.88. The van der Waals surface area contributed by atoms with Gasteiger partial charge >= 0.3 is 6.03 Å². The highest BCUT2D eigenvalue weighted by atomic mass is 16.3. The van der Waals surface area contributed by atoms with E-state index >= 15 is 0 Å². The number of pyridine rings is 1. The van der Waals surface area contributed by atoms with E-state index in [2.05, 4.69) is 20.7 Å². The van der Waals surface area contributed by atoms with Crippen LogP contribution < -0.4 is 10.6 Å². The zero-order valence-corrected chi connectivity index (χ0v) is 14.2. The lowest BCUT2D eigenvalue weighted by Crippen LogP contribution is -2.36. The lowest BCUT2D eigenvalue weighted by Gasteiger charge is -2.21. The zero-order valence-electron chi connectivity index (χ0n) is 14.2. The third kappa shape index (κ3) is 5.34. The summed E-state index contributed by atoms with van der Waals surface area (Å²) in [4.78, 5) is 16.2. The third-order valence-electron chi connectivity index (χ3n) is 3.77. The summed E-state index contributed by atoms with van der Waals surface area (Å²) in [5.74, 6) is 0.701. The fraction of sp³-hybridized carbons (Fsp3) is 0.471. The van der Waals surface area contributed by atoms with E-state index < -0.39 is 0 Å².